The first-order valence-electron chi connectivity index (χ1n) is 10.5. The normalized spacial score (nSPS) is 15.8. The van der Waals surface area contributed by atoms with Gasteiger partial charge in [0.2, 0.25) is 11.5 Å². The largest absolute Gasteiger partial charge is 0.503 e. The van der Waals surface area contributed by atoms with E-state index >= 15 is 0 Å². The predicted molar refractivity (Wildman–Crippen MR) is 123 cm³/mol. The van der Waals surface area contributed by atoms with E-state index in [0.717, 1.165) is 5.39 Å². The molecule has 0 fully saturated rings. The molecule has 3 aromatic rings. The van der Waals surface area contributed by atoms with Gasteiger partial charge in [-0.2, -0.15) is 0 Å². The lowest BCUT2D eigenvalue weighted by atomic mass is 9.94. The first-order chi connectivity index (χ1) is 16.4. The number of hydrogen-bond donors (Lipinski definition) is 1. The van der Waals surface area contributed by atoms with Crippen LogP contribution in [-0.2, 0) is 9.53 Å². The summed E-state index contributed by atoms with van der Waals surface area (Å²) in [6, 6.07) is 11.1. The summed E-state index contributed by atoms with van der Waals surface area (Å²) in [5, 5.41) is 11.5. The molecule has 0 radical (unpaired) electrons. The molecule has 1 aromatic heterocycles. The van der Waals surface area contributed by atoms with Gasteiger partial charge < -0.3 is 33.4 Å². The molecule has 9 nitrogen and oxygen atoms in total. The molecule has 0 saturated carbocycles. The van der Waals surface area contributed by atoms with Crippen molar-refractivity contribution in [2.75, 3.05) is 41.6 Å². The molecule has 1 N–H and O–H groups in total. The number of nitrogens with zero attached hydrogens (tertiary/aromatic N) is 1. The molecule has 178 valence electrons. The Morgan fingerprint density at radius 1 is 1.03 bits per heavy atom. The van der Waals surface area contributed by atoms with Crippen molar-refractivity contribution >= 4 is 22.7 Å². The molecule has 0 bridgehead atoms. The molecule has 4 rings (SSSR count). The zero-order valence-corrected chi connectivity index (χ0v) is 19.3. The third-order valence-electron chi connectivity index (χ3n) is 5.74. The molecule has 0 saturated heterocycles. The Hall–Kier alpha value is -3.98. The van der Waals surface area contributed by atoms with Crippen molar-refractivity contribution in [1.82, 2.24) is 4.90 Å². The van der Waals surface area contributed by atoms with E-state index < -0.39 is 23.5 Å². The second-order valence-electron chi connectivity index (χ2n) is 7.59. The van der Waals surface area contributed by atoms with Gasteiger partial charge in [-0.15, -0.1) is 0 Å². The standard InChI is InChI=1S/C25H25NO8/c1-30-10-9-26-21(15-12-18(31-2)24(33-4)19(13-15)32-3)20(23(28)25(26)29)22(27)17-11-14-7-5-6-8-16(14)34-17/h5-8,11-13,21,28H,9-10H2,1-4H3. The number of benzene rings is 2. The molecule has 34 heavy (non-hydrogen) atoms. The van der Waals surface area contributed by atoms with Crippen LogP contribution in [0, 0.1) is 0 Å². The number of aliphatic hydroxyl groups is 1. The summed E-state index contributed by atoms with van der Waals surface area (Å²) in [6.45, 7) is 0.337. The second-order valence-corrected chi connectivity index (χ2v) is 7.59. The average Bonchev–Trinajstić information content (AvgIpc) is 3.40. The molecular formula is C25H25NO8. The van der Waals surface area contributed by atoms with Crippen molar-refractivity contribution in [3.63, 3.8) is 0 Å². The molecule has 0 aliphatic carbocycles. The van der Waals surface area contributed by atoms with Gasteiger partial charge in [-0.05, 0) is 29.8 Å². The maximum absolute atomic E-state index is 13.6. The Morgan fingerprint density at radius 2 is 1.71 bits per heavy atom. The first-order valence-corrected chi connectivity index (χ1v) is 10.5. The van der Waals surface area contributed by atoms with Gasteiger partial charge in [0, 0.05) is 19.0 Å². The van der Waals surface area contributed by atoms with Gasteiger partial charge in [-0.25, -0.2) is 0 Å². The van der Waals surface area contributed by atoms with Crippen LogP contribution in [0.5, 0.6) is 17.2 Å². The zero-order chi connectivity index (χ0) is 24.4. The monoisotopic (exact) mass is 467 g/mol. The summed E-state index contributed by atoms with van der Waals surface area (Å²) >= 11 is 0. The van der Waals surface area contributed by atoms with Crippen molar-refractivity contribution in [3.8, 4) is 17.2 Å². The molecular weight excluding hydrogens is 442 g/mol. The van der Waals surface area contributed by atoms with Crippen LogP contribution in [0.2, 0.25) is 0 Å². The minimum absolute atomic E-state index is 0.0154. The van der Waals surface area contributed by atoms with Crippen LogP contribution in [0.25, 0.3) is 11.0 Å². The summed E-state index contributed by atoms with van der Waals surface area (Å²) in [6.07, 6.45) is 0. The van der Waals surface area contributed by atoms with E-state index in [2.05, 4.69) is 0 Å². The number of ketones is 1. The van der Waals surface area contributed by atoms with E-state index in [9.17, 15) is 14.7 Å². The van der Waals surface area contributed by atoms with E-state index in [4.69, 9.17) is 23.4 Å². The zero-order valence-electron chi connectivity index (χ0n) is 19.3. The number of carbonyl (C=O) groups excluding carboxylic acids is 2. The maximum Gasteiger partial charge on any atom is 0.290 e. The molecule has 2 heterocycles. The van der Waals surface area contributed by atoms with Gasteiger partial charge in [0.15, 0.2) is 23.0 Å². The molecule has 1 unspecified atom stereocenters. The van der Waals surface area contributed by atoms with Gasteiger partial charge in [-0.1, -0.05) is 18.2 Å². The van der Waals surface area contributed by atoms with Gasteiger partial charge >= 0.3 is 0 Å². The highest BCUT2D eigenvalue weighted by Crippen LogP contribution is 2.45. The van der Waals surface area contributed by atoms with E-state index in [1.54, 1.807) is 30.3 Å². The van der Waals surface area contributed by atoms with Crippen LogP contribution in [0.15, 0.2) is 58.2 Å². The van der Waals surface area contributed by atoms with Crippen LogP contribution in [0.4, 0.5) is 0 Å². The molecule has 2 aromatic carbocycles. The van der Waals surface area contributed by atoms with Gasteiger partial charge in [0.05, 0.1) is 39.6 Å². The van der Waals surface area contributed by atoms with E-state index in [-0.39, 0.29) is 24.5 Å². The van der Waals surface area contributed by atoms with Crippen molar-refractivity contribution in [3.05, 3.63) is 65.1 Å². The fraction of sp³-hybridized carbons (Fsp3) is 0.280. The Balaban J connectivity index is 1.87. The van der Waals surface area contributed by atoms with Crippen LogP contribution in [0.3, 0.4) is 0 Å². The number of hydrogen-bond acceptors (Lipinski definition) is 8. The van der Waals surface area contributed by atoms with Gasteiger partial charge in [0.25, 0.3) is 5.91 Å². The lowest BCUT2D eigenvalue weighted by molar-refractivity contribution is -0.130. The minimum atomic E-state index is -0.933. The third kappa shape index (κ3) is 3.84. The Bertz CT molecular complexity index is 1220. The molecule has 9 heteroatoms. The number of furan rings is 1. The molecule has 1 atom stereocenters. The maximum atomic E-state index is 13.6. The minimum Gasteiger partial charge on any atom is -0.503 e. The van der Waals surface area contributed by atoms with Gasteiger partial charge in [0.1, 0.15) is 5.58 Å². The lowest BCUT2D eigenvalue weighted by Crippen LogP contribution is -2.34. The van der Waals surface area contributed by atoms with Crippen LogP contribution in [0.1, 0.15) is 22.2 Å². The smallest absolute Gasteiger partial charge is 0.290 e. The number of rotatable bonds is 9. The number of methoxy groups -OCH3 is 4. The SMILES string of the molecule is COCCN1C(=O)C(O)=C(C(=O)c2cc3ccccc3o2)C1c1cc(OC)c(OC)c(OC)c1. The molecule has 1 aliphatic rings. The summed E-state index contributed by atoms with van der Waals surface area (Å²) in [5.74, 6) is -0.853. The first kappa shape index (κ1) is 23.2. The fourth-order valence-corrected chi connectivity index (χ4v) is 4.14. The highest BCUT2D eigenvalue weighted by atomic mass is 16.5. The van der Waals surface area contributed by atoms with E-state index in [1.165, 1.54) is 33.3 Å². The van der Waals surface area contributed by atoms with E-state index in [0.29, 0.717) is 28.4 Å². The number of fused-ring (bicyclic) bond motifs is 1. The number of Topliss-reactive ketones (excluding diaryl/α,β-unsaturated/α-hetero) is 1. The van der Waals surface area contributed by atoms with Crippen molar-refractivity contribution in [2.24, 2.45) is 0 Å². The second kappa shape index (κ2) is 9.48. The summed E-state index contributed by atoms with van der Waals surface area (Å²) in [4.78, 5) is 28.0. The number of carbonyl (C=O) groups is 2. The molecule has 0 spiro atoms. The Kier molecular flexibility index (Phi) is 6.47. The lowest BCUT2D eigenvalue weighted by Gasteiger charge is -2.27. The van der Waals surface area contributed by atoms with E-state index in [1.807, 2.05) is 12.1 Å². The predicted octanol–water partition coefficient (Wildman–Crippen LogP) is 3.68. The van der Waals surface area contributed by atoms with Crippen molar-refractivity contribution < 1.29 is 38.1 Å². The van der Waals surface area contributed by atoms with Crippen LogP contribution >= 0.6 is 0 Å². The Labute approximate surface area is 196 Å². The number of amides is 1. The topological polar surface area (TPSA) is 108 Å². The van der Waals surface area contributed by atoms with Gasteiger partial charge in [-0.3, -0.25) is 9.59 Å². The fourth-order valence-electron chi connectivity index (χ4n) is 4.14. The molecule has 1 aliphatic heterocycles. The van der Waals surface area contributed by atoms with Crippen molar-refractivity contribution in [2.45, 2.75) is 6.04 Å². The number of para-hydroxylation sites is 1. The quantitative estimate of drug-likeness (QED) is 0.475. The van der Waals surface area contributed by atoms with Crippen LogP contribution < -0.4 is 14.2 Å². The number of ether oxygens (including phenoxy) is 4. The van der Waals surface area contributed by atoms with Crippen molar-refractivity contribution in [1.29, 1.82) is 0 Å². The Morgan fingerprint density at radius 3 is 2.29 bits per heavy atom. The summed E-state index contributed by atoms with van der Waals surface area (Å²) in [7, 11) is 5.92. The highest BCUT2D eigenvalue weighted by molar-refractivity contribution is 6.16. The average molecular weight is 467 g/mol. The van der Waals surface area contributed by atoms with Crippen LogP contribution in [-0.4, -0.2) is 63.3 Å². The number of aliphatic hydroxyl groups excluding tert-OH is 1. The molecule has 1 amide bonds. The third-order valence-corrected chi connectivity index (χ3v) is 5.74. The summed E-state index contributed by atoms with van der Waals surface area (Å²) < 4.78 is 27.2. The summed E-state index contributed by atoms with van der Waals surface area (Å²) in [5.41, 5.74) is 0.910. The highest BCUT2D eigenvalue weighted by Gasteiger charge is 2.45.